The summed E-state index contributed by atoms with van der Waals surface area (Å²) in [5.41, 5.74) is 2.21. The van der Waals surface area contributed by atoms with Crippen molar-refractivity contribution in [3.63, 3.8) is 0 Å². The van der Waals surface area contributed by atoms with Crippen molar-refractivity contribution in [3.05, 3.63) is 28.6 Å². The molecule has 0 aliphatic heterocycles. The molecule has 0 spiro atoms. The van der Waals surface area contributed by atoms with Crippen LogP contribution in [-0.2, 0) is 16.0 Å². The Labute approximate surface area is 167 Å². The van der Waals surface area contributed by atoms with Crippen LogP contribution in [0, 0.1) is 11.3 Å². The molecule has 0 amide bonds. The first-order valence-corrected chi connectivity index (χ1v) is 12.3. The first-order valence-electron chi connectivity index (χ1n) is 9.38. The Hall–Kier alpha value is -1.84. The molecule has 27 heavy (non-hydrogen) atoms. The number of hydrogen-bond donors (Lipinski definition) is 0. The highest BCUT2D eigenvalue weighted by Gasteiger charge is 2.47. The molecule has 2 rings (SSSR count). The smallest absolute Gasteiger partial charge is 0.310 e. The normalized spacial score (nSPS) is 12.0. The molecule has 0 saturated carbocycles. The Morgan fingerprint density at radius 1 is 1.15 bits per heavy atom. The van der Waals surface area contributed by atoms with Crippen LogP contribution in [0.3, 0.4) is 0 Å². The van der Waals surface area contributed by atoms with Gasteiger partial charge in [0.05, 0.1) is 13.5 Å². The molecule has 1 heterocycles. The van der Waals surface area contributed by atoms with Gasteiger partial charge in [0.25, 0.3) is 8.32 Å². The molecule has 0 atom stereocenters. The van der Waals surface area contributed by atoms with Crippen molar-refractivity contribution in [2.75, 3.05) is 7.11 Å². The summed E-state index contributed by atoms with van der Waals surface area (Å²) in [5, 5.41) is 10.4. The fraction of sp³-hybridized carbons (Fsp3) is 0.524. The molecule has 0 fully saturated rings. The zero-order valence-electron chi connectivity index (χ0n) is 17.3. The largest absolute Gasteiger partial charge is 0.543 e. The Bertz CT molecular complexity index is 842. The van der Waals surface area contributed by atoms with E-state index in [-0.39, 0.29) is 12.4 Å². The molecule has 0 bridgehead atoms. The number of ether oxygens (including phenoxy) is 1. The van der Waals surface area contributed by atoms with Gasteiger partial charge in [0.1, 0.15) is 16.7 Å². The number of nitrogens with zero attached hydrogens (tertiary/aromatic N) is 1. The maximum absolute atomic E-state index is 11.7. The highest BCUT2D eigenvalue weighted by molar-refractivity contribution is 7.19. The van der Waals surface area contributed by atoms with Crippen LogP contribution in [0.2, 0.25) is 16.6 Å². The predicted molar refractivity (Wildman–Crippen MR) is 114 cm³/mol. The average Bonchev–Trinajstić information content (AvgIpc) is 2.95. The van der Waals surface area contributed by atoms with Crippen LogP contribution in [0.1, 0.15) is 52.0 Å². The second-order valence-electron chi connectivity index (χ2n) is 7.85. The van der Waals surface area contributed by atoms with E-state index in [9.17, 15) is 10.1 Å². The van der Waals surface area contributed by atoms with Crippen molar-refractivity contribution in [2.24, 2.45) is 0 Å². The van der Waals surface area contributed by atoms with E-state index in [1.165, 1.54) is 18.4 Å². The first kappa shape index (κ1) is 21.5. The van der Waals surface area contributed by atoms with Crippen LogP contribution in [0.25, 0.3) is 10.1 Å². The van der Waals surface area contributed by atoms with Gasteiger partial charge in [-0.25, -0.2) is 0 Å². The van der Waals surface area contributed by atoms with Crippen LogP contribution in [0.5, 0.6) is 5.75 Å². The van der Waals surface area contributed by atoms with Crippen LogP contribution < -0.4 is 4.43 Å². The van der Waals surface area contributed by atoms with E-state index >= 15 is 0 Å². The lowest BCUT2D eigenvalue weighted by molar-refractivity contribution is -0.139. The molecule has 1 aromatic carbocycles. The molecule has 1 aromatic heterocycles. The van der Waals surface area contributed by atoms with Gasteiger partial charge in [0, 0.05) is 4.70 Å². The van der Waals surface area contributed by atoms with Gasteiger partial charge in [-0.05, 0) is 45.8 Å². The number of carbonyl (C=O) groups excluding carboxylic acids is 1. The van der Waals surface area contributed by atoms with Crippen molar-refractivity contribution in [1.82, 2.24) is 0 Å². The molecule has 2 aromatic rings. The number of nitriles is 1. The monoisotopic (exact) mass is 403 g/mol. The SMILES string of the molecule is COC(=O)Cc1c(C#N)sc2cc(O[Si](C(C)C)(C(C)C)C(C)C)ccc12. The van der Waals surface area contributed by atoms with E-state index in [4.69, 9.17) is 9.16 Å². The molecule has 0 aliphatic carbocycles. The number of hydrogen-bond acceptors (Lipinski definition) is 5. The lowest BCUT2D eigenvalue weighted by atomic mass is 10.1. The number of benzene rings is 1. The number of thiophene rings is 1. The lowest BCUT2D eigenvalue weighted by Gasteiger charge is -2.42. The Balaban J connectivity index is 2.50. The first-order chi connectivity index (χ1) is 12.7. The standard InChI is InChI=1S/C21H29NO3SSi/c1-13(2)27(14(3)4,15(5)6)25-16-8-9-17-18(11-21(23)24-7)20(12-22)26-19(17)10-16/h8-10,13-15H,11H2,1-7H3. The second-order valence-corrected chi connectivity index (χ2v) is 14.3. The summed E-state index contributed by atoms with van der Waals surface area (Å²) in [6.07, 6.45) is 0.113. The minimum Gasteiger partial charge on any atom is -0.543 e. The predicted octanol–water partition coefficient (Wildman–Crippen LogP) is 6.04. The number of fused-ring (bicyclic) bond motifs is 1. The van der Waals surface area contributed by atoms with Crippen molar-refractivity contribution in [2.45, 2.75) is 64.6 Å². The van der Waals surface area contributed by atoms with Gasteiger partial charge in [-0.3, -0.25) is 4.79 Å². The number of methoxy groups -OCH3 is 1. The Morgan fingerprint density at radius 2 is 1.74 bits per heavy atom. The van der Waals surface area contributed by atoms with Crippen molar-refractivity contribution in [3.8, 4) is 11.8 Å². The lowest BCUT2D eigenvalue weighted by Crippen LogP contribution is -2.50. The zero-order valence-corrected chi connectivity index (χ0v) is 19.1. The van der Waals surface area contributed by atoms with Crippen molar-refractivity contribution < 1.29 is 14.0 Å². The van der Waals surface area contributed by atoms with Gasteiger partial charge in [-0.15, -0.1) is 11.3 Å². The maximum atomic E-state index is 11.7. The third-order valence-electron chi connectivity index (χ3n) is 5.42. The highest BCUT2D eigenvalue weighted by atomic mass is 32.1. The van der Waals surface area contributed by atoms with E-state index in [2.05, 4.69) is 47.6 Å². The summed E-state index contributed by atoms with van der Waals surface area (Å²) in [6.45, 7) is 13.6. The number of rotatable bonds is 7. The fourth-order valence-electron chi connectivity index (χ4n) is 4.23. The Morgan fingerprint density at radius 3 is 2.22 bits per heavy atom. The van der Waals surface area contributed by atoms with Gasteiger partial charge in [0.2, 0.25) is 0 Å². The van der Waals surface area contributed by atoms with E-state index in [1.807, 2.05) is 18.2 Å². The summed E-state index contributed by atoms with van der Waals surface area (Å²) in [5.74, 6) is 0.526. The topological polar surface area (TPSA) is 59.3 Å². The van der Waals surface area contributed by atoms with Crippen LogP contribution in [0.4, 0.5) is 0 Å². The Kier molecular flexibility index (Phi) is 6.71. The summed E-state index contributed by atoms with van der Waals surface area (Å²) in [6, 6.07) is 8.19. The molecule has 0 saturated heterocycles. The second kappa shape index (κ2) is 8.45. The highest BCUT2D eigenvalue weighted by Crippen LogP contribution is 2.43. The van der Waals surface area contributed by atoms with E-state index in [0.717, 1.165) is 21.4 Å². The van der Waals surface area contributed by atoms with Crippen molar-refractivity contribution >= 4 is 35.7 Å². The summed E-state index contributed by atoms with van der Waals surface area (Å²) in [7, 11) is -0.673. The minimum absolute atomic E-state index is 0.113. The van der Waals surface area contributed by atoms with Crippen LogP contribution in [0.15, 0.2) is 18.2 Å². The zero-order chi connectivity index (χ0) is 20.4. The third kappa shape index (κ3) is 4.04. The van der Waals surface area contributed by atoms with E-state index < -0.39 is 8.32 Å². The summed E-state index contributed by atoms with van der Waals surface area (Å²) in [4.78, 5) is 12.3. The molecule has 0 aliphatic rings. The molecule has 0 unspecified atom stereocenters. The van der Waals surface area contributed by atoms with Crippen LogP contribution in [-0.4, -0.2) is 21.4 Å². The molecule has 0 radical (unpaired) electrons. The average molecular weight is 404 g/mol. The summed E-state index contributed by atoms with van der Waals surface area (Å²) < 4.78 is 12.5. The number of esters is 1. The number of carbonyl (C=O) groups is 1. The fourth-order valence-corrected chi connectivity index (χ4v) is 10.5. The van der Waals surface area contributed by atoms with Crippen LogP contribution >= 0.6 is 11.3 Å². The quantitative estimate of drug-likeness (QED) is 0.417. The molecule has 6 heteroatoms. The molecular formula is C21H29NO3SSi. The minimum atomic E-state index is -2.04. The molecule has 4 nitrogen and oxygen atoms in total. The van der Waals surface area contributed by atoms with Crippen molar-refractivity contribution in [1.29, 1.82) is 5.26 Å². The van der Waals surface area contributed by atoms with E-state index in [0.29, 0.717) is 21.5 Å². The third-order valence-corrected chi connectivity index (χ3v) is 12.5. The van der Waals surface area contributed by atoms with Gasteiger partial charge in [0.15, 0.2) is 0 Å². The van der Waals surface area contributed by atoms with E-state index in [1.54, 1.807) is 0 Å². The molecule has 0 N–H and O–H groups in total. The molecule has 146 valence electrons. The van der Waals surface area contributed by atoms with Gasteiger partial charge < -0.3 is 9.16 Å². The maximum Gasteiger partial charge on any atom is 0.310 e. The van der Waals surface area contributed by atoms with Gasteiger partial charge in [-0.1, -0.05) is 41.5 Å². The van der Waals surface area contributed by atoms with Gasteiger partial charge >= 0.3 is 5.97 Å². The molecular weight excluding hydrogens is 374 g/mol. The van der Waals surface area contributed by atoms with Gasteiger partial charge in [-0.2, -0.15) is 5.26 Å². The summed E-state index contributed by atoms with van der Waals surface area (Å²) >= 11 is 1.41.